The molecule has 80 valence electrons. The summed E-state index contributed by atoms with van der Waals surface area (Å²) in [6.07, 6.45) is 0. The van der Waals surface area contributed by atoms with Crippen molar-refractivity contribution in [2.75, 3.05) is 5.32 Å². The van der Waals surface area contributed by atoms with Crippen molar-refractivity contribution in [1.82, 2.24) is 0 Å². The van der Waals surface area contributed by atoms with Crippen LogP contribution >= 0.6 is 11.8 Å². The smallest absolute Gasteiger partial charge is 0.242 e. The van der Waals surface area contributed by atoms with E-state index in [1.165, 1.54) is 0 Å². The van der Waals surface area contributed by atoms with Crippen LogP contribution in [0.25, 0.3) is 0 Å². The first kappa shape index (κ1) is 10.5. The Labute approximate surface area is 93.4 Å². The molecule has 1 aromatic rings. The Morgan fingerprint density at radius 2 is 2.07 bits per heavy atom. The number of hydrogen-bond donors (Lipinski definition) is 2. The summed E-state index contributed by atoms with van der Waals surface area (Å²) in [6.45, 7) is 3.98. The summed E-state index contributed by atoms with van der Waals surface area (Å²) in [5.41, 5.74) is 6.76. The van der Waals surface area contributed by atoms with Gasteiger partial charge in [0.05, 0.1) is 11.7 Å². The summed E-state index contributed by atoms with van der Waals surface area (Å²) >= 11 is 1.64. The van der Waals surface area contributed by atoms with Gasteiger partial charge >= 0.3 is 0 Å². The minimum atomic E-state index is -0.491. The molecule has 1 amide bonds. The highest BCUT2D eigenvalue weighted by atomic mass is 32.2. The molecule has 4 heteroatoms. The van der Waals surface area contributed by atoms with Gasteiger partial charge in [0.25, 0.3) is 0 Å². The highest BCUT2D eigenvalue weighted by Gasteiger charge is 2.36. The number of carbonyl (C=O) groups is 1. The van der Waals surface area contributed by atoms with E-state index >= 15 is 0 Å². The summed E-state index contributed by atoms with van der Waals surface area (Å²) in [6, 6.07) is 7.28. The molecular formula is C11H14N2OS. The number of nitrogens with two attached hydrogens (primary N) is 1. The molecule has 1 atom stereocenters. The average molecular weight is 222 g/mol. The fourth-order valence-corrected chi connectivity index (χ4v) is 2.71. The number of carbonyl (C=O) groups excluding carboxylic acids is 1. The fraction of sp³-hybridized carbons (Fsp3) is 0.364. The van der Waals surface area contributed by atoms with Crippen molar-refractivity contribution in [3.05, 3.63) is 24.3 Å². The van der Waals surface area contributed by atoms with Gasteiger partial charge in [-0.25, -0.2) is 0 Å². The summed E-state index contributed by atoms with van der Waals surface area (Å²) in [4.78, 5) is 12.8. The molecule has 1 aromatic carbocycles. The quantitative estimate of drug-likeness (QED) is 0.704. The molecule has 0 bridgehead atoms. The van der Waals surface area contributed by atoms with Crippen LogP contribution in [-0.4, -0.2) is 16.7 Å². The highest BCUT2D eigenvalue weighted by Crippen LogP contribution is 2.40. The van der Waals surface area contributed by atoms with Crippen LogP contribution in [0.3, 0.4) is 0 Å². The monoisotopic (exact) mass is 222 g/mol. The molecule has 0 saturated carbocycles. The van der Waals surface area contributed by atoms with Crippen LogP contribution in [0.15, 0.2) is 29.2 Å². The number of thioether (sulfide) groups is 1. The molecule has 15 heavy (non-hydrogen) atoms. The number of anilines is 1. The van der Waals surface area contributed by atoms with Crippen molar-refractivity contribution in [2.45, 2.75) is 29.5 Å². The maximum Gasteiger partial charge on any atom is 0.242 e. The van der Waals surface area contributed by atoms with Gasteiger partial charge in [0.15, 0.2) is 0 Å². The van der Waals surface area contributed by atoms with Gasteiger partial charge in [-0.15, -0.1) is 11.8 Å². The lowest BCUT2D eigenvalue weighted by molar-refractivity contribution is -0.117. The van der Waals surface area contributed by atoms with Crippen molar-refractivity contribution in [1.29, 1.82) is 0 Å². The Morgan fingerprint density at radius 1 is 1.40 bits per heavy atom. The predicted molar refractivity (Wildman–Crippen MR) is 63.0 cm³/mol. The van der Waals surface area contributed by atoms with Gasteiger partial charge in [-0.2, -0.15) is 0 Å². The van der Waals surface area contributed by atoms with Crippen LogP contribution in [0.1, 0.15) is 13.8 Å². The maximum atomic E-state index is 11.7. The van der Waals surface area contributed by atoms with Crippen LogP contribution in [0.4, 0.5) is 5.69 Å². The van der Waals surface area contributed by atoms with E-state index in [4.69, 9.17) is 5.73 Å². The predicted octanol–water partition coefficient (Wildman–Crippen LogP) is 1.84. The lowest BCUT2D eigenvalue weighted by atomic mass is 10.0. The average Bonchev–Trinajstić information content (AvgIpc) is 2.26. The number of hydrogen-bond acceptors (Lipinski definition) is 3. The van der Waals surface area contributed by atoms with Gasteiger partial charge < -0.3 is 11.1 Å². The largest absolute Gasteiger partial charge is 0.324 e. The van der Waals surface area contributed by atoms with Crippen molar-refractivity contribution >= 4 is 23.4 Å². The minimum Gasteiger partial charge on any atom is -0.324 e. The van der Waals surface area contributed by atoms with Crippen LogP contribution in [-0.2, 0) is 4.79 Å². The summed E-state index contributed by atoms with van der Waals surface area (Å²) in [5, 5.41) is 2.84. The Kier molecular flexibility index (Phi) is 2.48. The first-order valence-electron chi connectivity index (χ1n) is 4.85. The molecule has 0 fully saturated rings. The van der Waals surface area contributed by atoms with Crippen LogP contribution in [0.2, 0.25) is 0 Å². The number of nitrogens with one attached hydrogen (secondary N) is 1. The standard InChI is InChI=1S/C11H14N2OS/c1-11(2)9(12)10(14)13-7-5-3-4-6-8(7)15-11/h3-6,9H,12H2,1-2H3,(H,13,14). The van der Waals surface area contributed by atoms with Crippen LogP contribution in [0.5, 0.6) is 0 Å². The molecular weight excluding hydrogens is 208 g/mol. The van der Waals surface area contributed by atoms with Gasteiger partial charge in [0, 0.05) is 9.64 Å². The van der Waals surface area contributed by atoms with E-state index in [0.29, 0.717) is 0 Å². The third-order valence-corrected chi connectivity index (χ3v) is 3.91. The molecule has 3 N–H and O–H groups in total. The fourth-order valence-electron chi connectivity index (χ4n) is 1.53. The normalized spacial score (nSPS) is 23.9. The zero-order chi connectivity index (χ0) is 11.1. The number of amides is 1. The number of benzene rings is 1. The van der Waals surface area contributed by atoms with Crippen molar-refractivity contribution in [3.63, 3.8) is 0 Å². The van der Waals surface area contributed by atoms with Gasteiger partial charge in [0.2, 0.25) is 5.91 Å². The number of para-hydroxylation sites is 1. The Hall–Kier alpha value is -1.00. The molecule has 1 unspecified atom stereocenters. The molecule has 2 rings (SSSR count). The van der Waals surface area contributed by atoms with E-state index in [-0.39, 0.29) is 10.7 Å². The highest BCUT2D eigenvalue weighted by molar-refractivity contribution is 8.01. The molecule has 1 heterocycles. The summed E-state index contributed by atoms with van der Waals surface area (Å²) < 4.78 is -0.281. The SMILES string of the molecule is CC1(C)Sc2ccccc2NC(=O)C1N. The minimum absolute atomic E-state index is 0.113. The molecule has 1 aliphatic heterocycles. The lowest BCUT2D eigenvalue weighted by Crippen LogP contribution is -2.48. The van der Waals surface area contributed by atoms with E-state index in [9.17, 15) is 4.79 Å². The van der Waals surface area contributed by atoms with Gasteiger partial charge in [-0.05, 0) is 26.0 Å². The Morgan fingerprint density at radius 3 is 2.80 bits per heavy atom. The van der Waals surface area contributed by atoms with Crippen molar-refractivity contribution in [2.24, 2.45) is 5.73 Å². The van der Waals surface area contributed by atoms with Crippen molar-refractivity contribution in [3.8, 4) is 0 Å². The number of rotatable bonds is 0. The van der Waals surface area contributed by atoms with E-state index in [2.05, 4.69) is 5.32 Å². The zero-order valence-corrected chi connectivity index (χ0v) is 9.60. The molecule has 1 aliphatic rings. The topological polar surface area (TPSA) is 55.1 Å². The third kappa shape index (κ3) is 1.87. The summed E-state index contributed by atoms with van der Waals surface area (Å²) in [5.74, 6) is -0.113. The van der Waals surface area contributed by atoms with Crippen LogP contribution < -0.4 is 11.1 Å². The second-order valence-corrected chi connectivity index (χ2v) is 5.86. The second-order valence-electron chi connectivity index (χ2n) is 4.17. The molecule has 3 nitrogen and oxygen atoms in total. The Balaban J connectivity index is 2.46. The van der Waals surface area contributed by atoms with E-state index in [1.54, 1.807) is 11.8 Å². The third-order valence-electron chi connectivity index (χ3n) is 2.55. The molecule has 0 radical (unpaired) electrons. The first-order chi connectivity index (χ1) is 7.00. The lowest BCUT2D eigenvalue weighted by Gasteiger charge is -2.26. The van der Waals surface area contributed by atoms with Gasteiger partial charge in [0.1, 0.15) is 0 Å². The van der Waals surface area contributed by atoms with Crippen LogP contribution in [0, 0.1) is 0 Å². The molecule has 0 saturated heterocycles. The van der Waals surface area contributed by atoms with Gasteiger partial charge in [-0.1, -0.05) is 12.1 Å². The zero-order valence-electron chi connectivity index (χ0n) is 8.78. The second kappa shape index (κ2) is 3.54. The van der Waals surface area contributed by atoms with Crippen molar-refractivity contribution < 1.29 is 4.79 Å². The van der Waals surface area contributed by atoms with Gasteiger partial charge in [-0.3, -0.25) is 4.79 Å². The van der Waals surface area contributed by atoms with E-state index in [0.717, 1.165) is 10.6 Å². The Bertz CT molecular complexity index is 403. The molecule has 0 aromatic heterocycles. The van der Waals surface area contributed by atoms with E-state index < -0.39 is 6.04 Å². The first-order valence-corrected chi connectivity index (χ1v) is 5.67. The summed E-state index contributed by atoms with van der Waals surface area (Å²) in [7, 11) is 0. The molecule has 0 aliphatic carbocycles. The molecule has 0 spiro atoms. The number of fused-ring (bicyclic) bond motifs is 1. The maximum absolute atomic E-state index is 11.7. The van der Waals surface area contributed by atoms with E-state index in [1.807, 2.05) is 38.1 Å².